The van der Waals surface area contributed by atoms with E-state index in [-0.39, 0.29) is 0 Å². The molecule has 1 aromatic rings. The van der Waals surface area contributed by atoms with Crippen molar-refractivity contribution in [3.8, 4) is 0 Å². The highest BCUT2D eigenvalue weighted by Crippen LogP contribution is 2.48. The number of nitrogens with zero attached hydrogens (tertiary/aromatic N) is 1. The van der Waals surface area contributed by atoms with E-state index in [1.54, 1.807) is 0 Å². The molecule has 0 radical (unpaired) electrons. The fourth-order valence-corrected chi connectivity index (χ4v) is 2.20. The van der Waals surface area contributed by atoms with Gasteiger partial charge in [-0.05, 0) is 36.3 Å². The van der Waals surface area contributed by atoms with Crippen LogP contribution in [0.2, 0.25) is 0 Å². The first-order valence-corrected chi connectivity index (χ1v) is 5.94. The van der Waals surface area contributed by atoms with E-state index in [9.17, 15) is 0 Å². The first-order chi connectivity index (χ1) is 7.35. The zero-order valence-electron chi connectivity index (χ0n) is 9.50. The molecule has 2 rings (SSSR count). The third kappa shape index (κ3) is 3.03. The Hall–Kier alpha value is -0.890. The normalized spacial score (nSPS) is 17.7. The molecule has 15 heavy (non-hydrogen) atoms. The van der Waals surface area contributed by atoms with E-state index >= 15 is 0 Å². The molecule has 0 aromatic carbocycles. The van der Waals surface area contributed by atoms with Crippen LogP contribution in [0.15, 0.2) is 24.5 Å². The fraction of sp³-hybridized carbons (Fsp3) is 0.615. The van der Waals surface area contributed by atoms with Gasteiger partial charge in [0.05, 0.1) is 0 Å². The van der Waals surface area contributed by atoms with E-state index in [0.29, 0.717) is 5.41 Å². The quantitative estimate of drug-likeness (QED) is 0.770. The monoisotopic (exact) mass is 204 g/mol. The highest BCUT2D eigenvalue weighted by molar-refractivity contribution is 5.08. The fourth-order valence-electron chi connectivity index (χ4n) is 2.20. The largest absolute Gasteiger partial charge is 0.312 e. The number of pyridine rings is 1. The summed E-state index contributed by atoms with van der Waals surface area (Å²) in [5.74, 6) is 0. The second kappa shape index (κ2) is 4.75. The van der Waals surface area contributed by atoms with Gasteiger partial charge >= 0.3 is 0 Å². The van der Waals surface area contributed by atoms with Crippen LogP contribution in [0.25, 0.3) is 0 Å². The van der Waals surface area contributed by atoms with Crippen LogP contribution < -0.4 is 5.32 Å². The molecule has 0 saturated heterocycles. The van der Waals surface area contributed by atoms with Crippen LogP contribution in [-0.2, 0) is 6.54 Å². The van der Waals surface area contributed by atoms with Gasteiger partial charge in [0.2, 0.25) is 0 Å². The molecule has 0 atom stereocenters. The van der Waals surface area contributed by atoms with Crippen molar-refractivity contribution in [1.29, 1.82) is 0 Å². The molecule has 0 aliphatic heterocycles. The summed E-state index contributed by atoms with van der Waals surface area (Å²) in [7, 11) is 0. The molecule has 2 heteroatoms. The highest BCUT2D eigenvalue weighted by Gasteiger charge is 2.40. The van der Waals surface area contributed by atoms with Crippen molar-refractivity contribution < 1.29 is 0 Å². The topological polar surface area (TPSA) is 24.9 Å². The average Bonchev–Trinajstić information content (AvgIpc) is 3.00. The lowest BCUT2D eigenvalue weighted by Gasteiger charge is -2.14. The Balaban J connectivity index is 1.71. The molecular weight excluding hydrogens is 184 g/mol. The third-order valence-electron chi connectivity index (χ3n) is 3.29. The van der Waals surface area contributed by atoms with Crippen molar-refractivity contribution in [2.75, 3.05) is 6.54 Å². The molecule has 0 spiro atoms. The van der Waals surface area contributed by atoms with Crippen LogP contribution in [-0.4, -0.2) is 11.5 Å². The number of rotatable bonds is 6. The first-order valence-electron chi connectivity index (χ1n) is 5.94. The van der Waals surface area contributed by atoms with Gasteiger partial charge in [0.1, 0.15) is 0 Å². The van der Waals surface area contributed by atoms with Gasteiger partial charge in [0.25, 0.3) is 0 Å². The molecule has 2 nitrogen and oxygen atoms in total. The Kier molecular flexibility index (Phi) is 3.37. The van der Waals surface area contributed by atoms with Crippen LogP contribution in [0.3, 0.4) is 0 Å². The van der Waals surface area contributed by atoms with Gasteiger partial charge in [0.15, 0.2) is 0 Å². The second-order valence-electron chi connectivity index (χ2n) is 4.71. The van der Waals surface area contributed by atoms with Gasteiger partial charge in [-0.15, -0.1) is 0 Å². The number of aromatic nitrogens is 1. The molecule has 1 fully saturated rings. The third-order valence-corrected chi connectivity index (χ3v) is 3.29. The van der Waals surface area contributed by atoms with Crippen LogP contribution in [0.1, 0.15) is 38.2 Å². The van der Waals surface area contributed by atoms with Crippen molar-refractivity contribution in [2.45, 2.75) is 39.2 Å². The zero-order chi connectivity index (χ0) is 10.6. The maximum atomic E-state index is 4.11. The highest BCUT2D eigenvalue weighted by atomic mass is 14.9. The Morgan fingerprint density at radius 1 is 1.47 bits per heavy atom. The van der Waals surface area contributed by atoms with Gasteiger partial charge in [-0.25, -0.2) is 0 Å². The number of hydrogen-bond donors (Lipinski definition) is 1. The summed E-state index contributed by atoms with van der Waals surface area (Å²) in [6, 6.07) is 4.12. The summed E-state index contributed by atoms with van der Waals surface area (Å²) < 4.78 is 0. The van der Waals surface area contributed by atoms with Gasteiger partial charge < -0.3 is 5.32 Å². The second-order valence-corrected chi connectivity index (χ2v) is 4.71. The van der Waals surface area contributed by atoms with Crippen LogP contribution in [0, 0.1) is 5.41 Å². The average molecular weight is 204 g/mol. The molecule has 1 saturated carbocycles. The van der Waals surface area contributed by atoms with Crippen LogP contribution in [0.5, 0.6) is 0 Å². The molecule has 82 valence electrons. The summed E-state index contributed by atoms with van der Waals surface area (Å²) in [6.07, 6.45) is 9.29. The Labute approximate surface area is 92.1 Å². The van der Waals surface area contributed by atoms with E-state index in [4.69, 9.17) is 0 Å². The van der Waals surface area contributed by atoms with Gasteiger partial charge in [0, 0.05) is 25.5 Å². The van der Waals surface area contributed by atoms with Gasteiger partial charge in [-0.1, -0.05) is 19.4 Å². The zero-order valence-corrected chi connectivity index (χ0v) is 9.50. The molecule has 1 N–H and O–H groups in total. The minimum Gasteiger partial charge on any atom is -0.312 e. The molecule has 0 bridgehead atoms. The number of nitrogens with one attached hydrogen (secondary N) is 1. The summed E-state index contributed by atoms with van der Waals surface area (Å²) in [5.41, 5.74) is 1.93. The molecule has 1 heterocycles. The Morgan fingerprint density at radius 2 is 2.33 bits per heavy atom. The van der Waals surface area contributed by atoms with E-state index in [2.05, 4.69) is 23.3 Å². The lowest BCUT2D eigenvalue weighted by atomic mass is 10.0. The predicted molar refractivity (Wildman–Crippen MR) is 62.5 cm³/mol. The summed E-state index contributed by atoms with van der Waals surface area (Å²) in [6.45, 7) is 4.41. The minimum atomic E-state index is 0.650. The van der Waals surface area contributed by atoms with Crippen LogP contribution in [0.4, 0.5) is 0 Å². The van der Waals surface area contributed by atoms with Crippen molar-refractivity contribution in [2.24, 2.45) is 5.41 Å². The van der Waals surface area contributed by atoms with E-state index in [0.717, 1.165) is 6.54 Å². The van der Waals surface area contributed by atoms with E-state index < -0.39 is 0 Å². The molecule has 1 aromatic heterocycles. The number of hydrogen-bond acceptors (Lipinski definition) is 2. The molecule has 0 amide bonds. The first kappa shape index (κ1) is 10.6. The van der Waals surface area contributed by atoms with Crippen molar-refractivity contribution in [3.63, 3.8) is 0 Å². The van der Waals surface area contributed by atoms with E-state index in [1.165, 1.54) is 37.8 Å². The smallest absolute Gasteiger partial charge is 0.0312 e. The minimum absolute atomic E-state index is 0.650. The molecule has 1 aliphatic carbocycles. The predicted octanol–water partition coefficient (Wildman–Crippen LogP) is 2.75. The lowest BCUT2D eigenvalue weighted by Crippen LogP contribution is -2.23. The summed E-state index contributed by atoms with van der Waals surface area (Å²) in [4.78, 5) is 4.11. The van der Waals surface area contributed by atoms with Crippen molar-refractivity contribution >= 4 is 0 Å². The van der Waals surface area contributed by atoms with E-state index in [1.807, 2.05) is 18.5 Å². The summed E-state index contributed by atoms with van der Waals surface area (Å²) in [5, 5.41) is 3.55. The standard InChI is InChI=1S/C13H20N2/c1-2-5-13(6-7-13)11-15-10-12-4-3-8-14-9-12/h3-4,8-9,15H,2,5-7,10-11H2,1H3. The van der Waals surface area contributed by atoms with Crippen molar-refractivity contribution in [1.82, 2.24) is 10.3 Å². The molecule has 0 unspecified atom stereocenters. The van der Waals surface area contributed by atoms with Crippen LogP contribution >= 0.6 is 0 Å². The maximum Gasteiger partial charge on any atom is 0.0312 e. The Morgan fingerprint density at radius 3 is 2.93 bits per heavy atom. The van der Waals surface area contributed by atoms with Gasteiger partial charge in [-0.2, -0.15) is 0 Å². The maximum absolute atomic E-state index is 4.11. The van der Waals surface area contributed by atoms with Gasteiger partial charge in [-0.3, -0.25) is 4.98 Å². The van der Waals surface area contributed by atoms with Crippen molar-refractivity contribution in [3.05, 3.63) is 30.1 Å². The molecular formula is C13H20N2. The summed E-state index contributed by atoms with van der Waals surface area (Å²) >= 11 is 0. The Bertz CT molecular complexity index is 291. The molecule has 1 aliphatic rings. The lowest BCUT2D eigenvalue weighted by molar-refractivity contribution is 0.420. The SMILES string of the molecule is CCCC1(CNCc2cccnc2)CC1.